The number of benzene rings is 2. The van der Waals surface area contributed by atoms with Crippen molar-refractivity contribution < 1.29 is 9.15 Å². The van der Waals surface area contributed by atoms with E-state index in [-0.39, 0.29) is 6.61 Å². The van der Waals surface area contributed by atoms with Gasteiger partial charge in [0.1, 0.15) is 12.4 Å². The quantitative estimate of drug-likeness (QED) is 0.330. The third-order valence-electron chi connectivity index (χ3n) is 5.17. The van der Waals surface area contributed by atoms with Gasteiger partial charge in [-0.1, -0.05) is 34.5 Å². The Balaban J connectivity index is 1.41. The number of nitrogens with zero attached hydrogens (tertiary/aromatic N) is 5. The fraction of sp³-hybridized carbons (Fsp3) is 0.182. The molecule has 0 fully saturated rings. The van der Waals surface area contributed by atoms with E-state index >= 15 is 0 Å². The van der Waals surface area contributed by atoms with Gasteiger partial charge in [0.2, 0.25) is 0 Å². The predicted molar refractivity (Wildman–Crippen MR) is 121 cm³/mol. The number of aromatic nitrogens is 6. The van der Waals surface area contributed by atoms with Crippen LogP contribution in [-0.4, -0.2) is 30.2 Å². The summed E-state index contributed by atoms with van der Waals surface area (Å²) in [7, 11) is 0. The molecule has 3 heterocycles. The Morgan fingerprint density at radius 1 is 1.09 bits per heavy atom. The SMILES string of the molecule is Clc1cccc(Cl)c1COc1ccc2c(c1)cc(-c1cnco1)n2CCCc1nn[nH]n1. The van der Waals surface area contributed by atoms with Crippen molar-refractivity contribution in [2.45, 2.75) is 26.0 Å². The van der Waals surface area contributed by atoms with Crippen LogP contribution in [0.1, 0.15) is 17.8 Å². The predicted octanol–water partition coefficient (Wildman–Crippen LogP) is 5.33. The van der Waals surface area contributed by atoms with Crippen LogP contribution in [0.3, 0.4) is 0 Å². The number of nitrogens with one attached hydrogen (secondary N) is 1. The van der Waals surface area contributed by atoms with Crippen LogP contribution < -0.4 is 4.74 Å². The molecule has 0 aliphatic heterocycles. The summed E-state index contributed by atoms with van der Waals surface area (Å²) in [4.78, 5) is 4.07. The number of rotatable bonds is 8. The van der Waals surface area contributed by atoms with Crippen molar-refractivity contribution in [3.63, 3.8) is 0 Å². The van der Waals surface area contributed by atoms with E-state index in [1.807, 2.05) is 24.3 Å². The summed E-state index contributed by atoms with van der Waals surface area (Å²) in [5, 5.41) is 16.3. The molecule has 2 aromatic carbocycles. The minimum atomic E-state index is 0.282. The molecule has 3 aromatic heterocycles. The zero-order chi connectivity index (χ0) is 21.9. The first-order valence-corrected chi connectivity index (χ1v) is 10.7. The average Bonchev–Trinajstić information content (AvgIpc) is 3.55. The lowest BCUT2D eigenvalue weighted by atomic mass is 10.2. The maximum atomic E-state index is 6.26. The second-order valence-corrected chi connectivity index (χ2v) is 8.00. The molecule has 0 aliphatic rings. The number of H-pyrrole nitrogens is 1. The molecule has 0 radical (unpaired) electrons. The number of ether oxygens (including phenoxy) is 1. The second kappa shape index (κ2) is 9.02. The largest absolute Gasteiger partial charge is 0.489 e. The molecule has 5 aromatic rings. The van der Waals surface area contributed by atoms with Gasteiger partial charge >= 0.3 is 0 Å². The Morgan fingerprint density at radius 3 is 2.72 bits per heavy atom. The number of tetrazole rings is 1. The maximum absolute atomic E-state index is 6.26. The summed E-state index contributed by atoms with van der Waals surface area (Å²) in [5.74, 6) is 2.12. The normalized spacial score (nSPS) is 11.3. The van der Waals surface area contributed by atoms with E-state index in [0.717, 1.165) is 40.9 Å². The summed E-state index contributed by atoms with van der Waals surface area (Å²) in [6, 6.07) is 13.4. The minimum Gasteiger partial charge on any atom is -0.489 e. The van der Waals surface area contributed by atoms with Crippen LogP contribution in [0.15, 0.2) is 59.5 Å². The van der Waals surface area contributed by atoms with Gasteiger partial charge in [-0.25, -0.2) is 4.98 Å². The number of oxazole rings is 1. The smallest absolute Gasteiger partial charge is 0.181 e. The maximum Gasteiger partial charge on any atom is 0.181 e. The van der Waals surface area contributed by atoms with Gasteiger partial charge in [0.05, 0.1) is 11.9 Å². The van der Waals surface area contributed by atoms with E-state index in [1.54, 1.807) is 18.3 Å². The molecule has 0 amide bonds. The molecule has 0 spiro atoms. The van der Waals surface area contributed by atoms with E-state index < -0.39 is 0 Å². The van der Waals surface area contributed by atoms with Gasteiger partial charge in [0.25, 0.3) is 0 Å². The first-order valence-electron chi connectivity index (χ1n) is 9.99. The summed E-state index contributed by atoms with van der Waals surface area (Å²) in [5.41, 5.74) is 2.77. The van der Waals surface area contributed by atoms with Crippen molar-refractivity contribution >= 4 is 34.1 Å². The van der Waals surface area contributed by atoms with Gasteiger partial charge < -0.3 is 13.7 Å². The molecule has 0 saturated heterocycles. The van der Waals surface area contributed by atoms with E-state index in [4.69, 9.17) is 32.4 Å². The van der Waals surface area contributed by atoms with Crippen LogP contribution in [0.2, 0.25) is 10.0 Å². The number of aryl methyl sites for hydroxylation is 2. The zero-order valence-electron chi connectivity index (χ0n) is 16.8. The van der Waals surface area contributed by atoms with Crippen LogP contribution in [0.25, 0.3) is 22.4 Å². The van der Waals surface area contributed by atoms with Gasteiger partial charge in [-0.2, -0.15) is 5.21 Å². The highest BCUT2D eigenvalue weighted by Crippen LogP contribution is 2.32. The Kier molecular flexibility index (Phi) is 5.79. The van der Waals surface area contributed by atoms with Gasteiger partial charge in [-0.15, -0.1) is 10.2 Å². The minimum absolute atomic E-state index is 0.282. The van der Waals surface area contributed by atoms with E-state index in [2.05, 4.69) is 36.2 Å². The number of halogens is 2. The van der Waals surface area contributed by atoms with Gasteiger partial charge in [-0.05, 0) is 42.8 Å². The van der Waals surface area contributed by atoms with Crippen LogP contribution in [-0.2, 0) is 19.6 Å². The van der Waals surface area contributed by atoms with Crippen LogP contribution in [0.4, 0.5) is 0 Å². The molecule has 0 unspecified atom stereocenters. The lowest BCUT2D eigenvalue weighted by Gasteiger charge is -2.11. The van der Waals surface area contributed by atoms with E-state index in [1.165, 1.54) is 6.39 Å². The molecule has 32 heavy (non-hydrogen) atoms. The van der Waals surface area contributed by atoms with Crippen molar-refractivity contribution in [2.75, 3.05) is 0 Å². The Hall–Kier alpha value is -3.36. The zero-order valence-corrected chi connectivity index (χ0v) is 18.3. The summed E-state index contributed by atoms with van der Waals surface area (Å²) in [6.45, 7) is 1.04. The number of fused-ring (bicyclic) bond motifs is 1. The van der Waals surface area contributed by atoms with Crippen molar-refractivity contribution in [1.29, 1.82) is 0 Å². The highest BCUT2D eigenvalue weighted by atomic mass is 35.5. The van der Waals surface area contributed by atoms with Crippen LogP contribution >= 0.6 is 23.2 Å². The molecule has 0 aliphatic carbocycles. The van der Waals surface area contributed by atoms with Gasteiger partial charge in [0.15, 0.2) is 18.0 Å². The van der Waals surface area contributed by atoms with E-state index in [9.17, 15) is 0 Å². The first-order chi connectivity index (χ1) is 15.7. The van der Waals surface area contributed by atoms with Crippen molar-refractivity contribution in [1.82, 2.24) is 30.2 Å². The molecule has 10 heteroatoms. The summed E-state index contributed by atoms with van der Waals surface area (Å²) < 4.78 is 13.8. The molecule has 5 rings (SSSR count). The molecule has 0 bridgehead atoms. The molecular weight excluding hydrogens is 451 g/mol. The first kappa shape index (κ1) is 20.5. The highest BCUT2D eigenvalue weighted by Gasteiger charge is 2.15. The van der Waals surface area contributed by atoms with Gasteiger partial charge in [0, 0.05) is 39.5 Å². The number of aromatic amines is 1. The standard InChI is InChI=1S/C22H18Cl2N6O2/c23-17-3-1-4-18(24)16(17)12-31-15-6-7-19-14(9-15)10-20(21-11-25-13-32-21)30(19)8-2-5-22-26-28-29-27-22/h1,3-4,6-7,9-11,13H,2,5,8,12H2,(H,26,27,28,29). The third kappa shape index (κ3) is 4.19. The monoisotopic (exact) mass is 468 g/mol. The molecular formula is C22H18Cl2N6O2. The van der Waals surface area contributed by atoms with Crippen LogP contribution in [0.5, 0.6) is 5.75 Å². The number of hydrogen-bond acceptors (Lipinski definition) is 6. The van der Waals surface area contributed by atoms with Crippen molar-refractivity contribution in [3.05, 3.63) is 76.5 Å². The Bertz CT molecular complexity index is 1310. The average molecular weight is 469 g/mol. The van der Waals surface area contributed by atoms with Gasteiger partial charge in [-0.3, -0.25) is 0 Å². The molecule has 0 saturated carbocycles. The van der Waals surface area contributed by atoms with Crippen LogP contribution in [0, 0.1) is 0 Å². The lowest BCUT2D eigenvalue weighted by molar-refractivity contribution is 0.307. The topological polar surface area (TPSA) is 94.6 Å². The molecule has 0 atom stereocenters. The van der Waals surface area contributed by atoms with E-state index in [0.29, 0.717) is 28.1 Å². The van der Waals surface area contributed by atoms with Crippen molar-refractivity contribution in [2.24, 2.45) is 0 Å². The third-order valence-corrected chi connectivity index (χ3v) is 5.88. The Morgan fingerprint density at radius 2 is 1.97 bits per heavy atom. The van der Waals surface area contributed by atoms with Crippen molar-refractivity contribution in [3.8, 4) is 17.2 Å². The summed E-state index contributed by atoms with van der Waals surface area (Å²) in [6.07, 6.45) is 4.69. The molecule has 162 valence electrons. The summed E-state index contributed by atoms with van der Waals surface area (Å²) >= 11 is 12.5. The fourth-order valence-electron chi connectivity index (χ4n) is 3.64. The Labute approximate surface area is 193 Å². The fourth-order valence-corrected chi connectivity index (χ4v) is 4.14. The molecule has 8 nitrogen and oxygen atoms in total. The molecule has 1 N–H and O–H groups in total. The lowest BCUT2D eigenvalue weighted by Crippen LogP contribution is -2.02. The second-order valence-electron chi connectivity index (χ2n) is 7.19. The highest BCUT2D eigenvalue weighted by molar-refractivity contribution is 6.35. The number of hydrogen-bond donors (Lipinski definition) is 1.